The first-order chi connectivity index (χ1) is 9.89. The van der Waals surface area contributed by atoms with E-state index in [1.807, 2.05) is 32.0 Å². The average Bonchev–Trinajstić information content (AvgIpc) is 2.37. The molecule has 0 aliphatic rings. The molecule has 0 saturated heterocycles. The fraction of sp³-hybridized carbons (Fsp3) is 0.294. The van der Waals surface area contributed by atoms with Crippen molar-refractivity contribution in [2.45, 2.75) is 26.4 Å². The fourth-order valence-electron chi connectivity index (χ4n) is 2.22. The highest BCUT2D eigenvalue weighted by molar-refractivity contribution is 5.71. The first-order valence-electron chi connectivity index (χ1n) is 6.78. The topological polar surface area (TPSA) is 9.23 Å². The number of ether oxygens (including phenoxy) is 1. The van der Waals surface area contributed by atoms with Crippen molar-refractivity contribution in [1.82, 2.24) is 0 Å². The molecule has 0 amide bonds. The summed E-state index contributed by atoms with van der Waals surface area (Å²) in [4.78, 5) is 0. The molecule has 2 rings (SSSR count). The minimum Gasteiger partial charge on any atom is -0.493 e. The molecule has 112 valence electrons. The quantitative estimate of drug-likeness (QED) is 0.756. The Morgan fingerprint density at radius 2 is 1.81 bits per heavy atom. The van der Waals surface area contributed by atoms with Gasteiger partial charge in [0.15, 0.2) is 0 Å². The van der Waals surface area contributed by atoms with Gasteiger partial charge in [-0.3, -0.25) is 0 Å². The van der Waals surface area contributed by atoms with Crippen LogP contribution in [0.15, 0.2) is 42.5 Å². The van der Waals surface area contributed by atoms with Gasteiger partial charge >= 0.3 is 6.18 Å². The van der Waals surface area contributed by atoms with Gasteiger partial charge in [0.1, 0.15) is 5.75 Å². The lowest BCUT2D eigenvalue weighted by Gasteiger charge is -2.13. The van der Waals surface area contributed by atoms with Gasteiger partial charge in [0.05, 0.1) is 13.0 Å². The molecule has 0 bridgehead atoms. The molecule has 0 atom stereocenters. The zero-order valence-electron chi connectivity index (χ0n) is 12.0. The van der Waals surface area contributed by atoms with Gasteiger partial charge < -0.3 is 4.74 Å². The number of benzene rings is 2. The molecule has 0 N–H and O–H groups in total. The van der Waals surface area contributed by atoms with Crippen LogP contribution in [0.1, 0.15) is 18.1 Å². The van der Waals surface area contributed by atoms with Crippen molar-refractivity contribution in [2.75, 3.05) is 6.61 Å². The summed E-state index contributed by atoms with van der Waals surface area (Å²) in [5.74, 6) is 0.696. The van der Waals surface area contributed by atoms with E-state index in [4.69, 9.17) is 4.74 Å². The van der Waals surface area contributed by atoms with Crippen LogP contribution in [-0.4, -0.2) is 12.8 Å². The van der Waals surface area contributed by atoms with Gasteiger partial charge in [-0.15, -0.1) is 0 Å². The lowest BCUT2D eigenvalue weighted by molar-refractivity contribution is -0.127. The first-order valence-corrected chi connectivity index (χ1v) is 6.78. The van der Waals surface area contributed by atoms with Crippen molar-refractivity contribution in [3.8, 4) is 16.9 Å². The molecule has 0 unspecified atom stereocenters. The van der Waals surface area contributed by atoms with E-state index >= 15 is 0 Å². The minimum absolute atomic E-state index is 0.253. The number of aryl methyl sites for hydroxylation is 1. The Balaban J connectivity index is 2.40. The molecule has 2 aromatic rings. The monoisotopic (exact) mass is 294 g/mol. The second-order valence-electron chi connectivity index (χ2n) is 4.92. The van der Waals surface area contributed by atoms with Crippen molar-refractivity contribution >= 4 is 0 Å². The van der Waals surface area contributed by atoms with E-state index < -0.39 is 12.6 Å². The Morgan fingerprint density at radius 3 is 2.48 bits per heavy atom. The molecule has 0 heterocycles. The molecule has 0 fully saturated rings. The predicted octanol–water partition coefficient (Wildman–Crippen LogP) is 5.17. The third-order valence-electron chi connectivity index (χ3n) is 3.08. The van der Waals surface area contributed by atoms with Gasteiger partial charge in [-0.05, 0) is 36.6 Å². The van der Waals surface area contributed by atoms with Crippen LogP contribution in [0.3, 0.4) is 0 Å². The number of hydrogen-bond acceptors (Lipinski definition) is 1. The van der Waals surface area contributed by atoms with E-state index in [1.165, 1.54) is 6.07 Å². The second-order valence-corrected chi connectivity index (χ2v) is 4.92. The summed E-state index contributed by atoms with van der Waals surface area (Å²) in [6, 6.07) is 12.2. The summed E-state index contributed by atoms with van der Waals surface area (Å²) in [5, 5.41) is 0. The van der Waals surface area contributed by atoms with Gasteiger partial charge in [-0.1, -0.05) is 36.4 Å². The van der Waals surface area contributed by atoms with Crippen LogP contribution in [-0.2, 0) is 6.42 Å². The first kappa shape index (κ1) is 15.4. The third kappa shape index (κ3) is 4.25. The molecular weight excluding hydrogens is 277 g/mol. The van der Waals surface area contributed by atoms with E-state index in [2.05, 4.69) is 0 Å². The highest BCUT2D eigenvalue weighted by Crippen LogP contribution is 2.32. The van der Waals surface area contributed by atoms with Gasteiger partial charge in [-0.2, -0.15) is 13.2 Å². The zero-order chi connectivity index (χ0) is 15.5. The highest BCUT2D eigenvalue weighted by atomic mass is 19.4. The molecule has 2 aromatic carbocycles. The Labute approximate surface area is 122 Å². The average molecular weight is 294 g/mol. The van der Waals surface area contributed by atoms with E-state index in [0.29, 0.717) is 12.4 Å². The summed E-state index contributed by atoms with van der Waals surface area (Å²) < 4.78 is 43.1. The Hall–Kier alpha value is -1.97. The normalized spacial score (nSPS) is 11.5. The summed E-state index contributed by atoms with van der Waals surface area (Å²) in [6.07, 6.45) is -5.12. The van der Waals surface area contributed by atoms with Crippen molar-refractivity contribution in [1.29, 1.82) is 0 Å². The Kier molecular flexibility index (Phi) is 4.56. The number of halogens is 3. The maximum atomic E-state index is 12.5. The molecule has 4 heteroatoms. The summed E-state index contributed by atoms with van der Waals surface area (Å²) in [6.45, 7) is 4.34. The second kappa shape index (κ2) is 6.20. The van der Waals surface area contributed by atoms with Crippen LogP contribution in [0.2, 0.25) is 0 Å². The van der Waals surface area contributed by atoms with Gasteiger partial charge in [0, 0.05) is 5.56 Å². The maximum absolute atomic E-state index is 12.5. The van der Waals surface area contributed by atoms with Crippen LogP contribution < -0.4 is 4.74 Å². The van der Waals surface area contributed by atoms with Gasteiger partial charge in [0.25, 0.3) is 0 Å². The summed E-state index contributed by atoms with van der Waals surface area (Å²) in [7, 11) is 0. The van der Waals surface area contributed by atoms with Crippen molar-refractivity contribution in [3.63, 3.8) is 0 Å². The summed E-state index contributed by atoms with van der Waals surface area (Å²) >= 11 is 0. The molecule has 0 radical (unpaired) electrons. The van der Waals surface area contributed by atoms with Crippen molar-refractivity contribution in [2.24, 2.45) is 0 Å². The lowest BCUT2D eigenvalue weighted by Crippen LogP contribution is -2.11. The highest BCUT2D eigenvalue weighted by Gasteiger charge is 2.27. The van der Waals surface area contributed by atoms with Crippen LogP contribution in [0.4, 0.5) is 13.2 Å². The van der Waals surface area contributed by atoms with E-state index in [1.54, 1.807) is 18.2 Å². The van der Waals surface area contributed by atoms with Crippen LogP contribution in [0.5, 0.6) is 5.75 Å². The Bertz CT molecular complexity index is 618. The molecule has 1 nitrogen and oxygen atoms in total. The number of alkyl halides is 3. The standard InChI is InChI=1S/C17H17F3O/c1-3-21-16-9-12(2)7-8-15(16)14-6-4-5-13(10-14)11-17(18,19)20/h4-10H,3,11H2,1-2H3. The molecule has 0 aromatic heterocycles. The number of hydrogen-bond donors (Lipinski definition) is 0. The SMILES string of the molecule is CCOc1cc(C)ccc1-c1cccc(CC(F)(F)F)c1. The van der Waals surface area contributed by atoms with Crippen LogP contribution in [0, 0.1) is 6.92 Å². The van der Waals surface area contributed by atoms with E-state index in [-0.39, 0.29) is 5.56 Å². The van der Waals surface area contributed by atoms with Crippen LogP contribution >= 0.6 is 0 Å². The van der Waals surface area contributed by atoms with Gasteiger partial charge in [-0.25, -0.2) is 0 Å². The minimum atomic E-state index is -4.20. The van der Waals surface area contributed by atoms with E-state index in [9.17, 15) is 13.2 Å². The molecule has 0 aliphatic heterocycles. The smallest absolute Gasteiger partial charge is 0.393 e. The molecular formula is C17H17F3O. The predicted molar refractivity (Wildman–Crippen MR) is 77.5 cm³/mol. The zero-order valence-corrected chi connectivity index (χ0v) is 12.0. The summed E-state index contributed by atoms with van der Waals surface area (Å²) in [5.41, 5.74) is 2.85. The molecule has 21 heavy (non-hydrogen) atoms. The third-order valence-corrected chi connectivity index (χ3v) is 3.08. The van der Waals surface area contributed by atoms with Crippen molar-refractivity contribution in [3.05, 3.63) is 53.6 Å². The van der Waals surface area contributed by atoms with Crippen LogP contribution in [0.25, 0.3) is 11.1 Å². The van der Waals surface area contributed by atoms with Gasteiger partial charge in [0.2, 0.25) is 0 Å². The molecule has 0 aliphatic carbocycles. The lowest BCUT2D eigenvalue weighted by atomic mass is 9.99. The molecule has 0 saturated carbocycles. The van der Waals surface area contributed by atoms with Crippen molar-refractivity contribution < 1.29 is 17.9 Å². The Morgan fingerprint density at radius 1 is 1.05 bits per heavy atom. The largest absolute Gasteiger partial charge is 0.493 e. The maximum Gasteiger partial charge on any atom is 0.393 e. The molecule has 0 spiro atoms. The van der Waals surface area contributed by atoms with E-state index in [0.717, 1.165) is 16.7 Å². The number of rotatable bonds is 4. The fourth-order valence-corrected chi connectivity index (χ4v) is 2.22.